The first-order valence-electron chi connectivity index (χ1n) is 9.69. The van der Waals surface area contributed by atoms with Gasteiger partial charge >= 0.3 is 0 Å². The Kier molecular flexibility index (Phi) is 6.31. The molecule has 0 fully saturated rings. The number of benzene rings is 1. The van der Waals surface area contributed by atoms with Crippen LogP contribution in [0.25, 0.3) is 0 Å². The van der Waals surface area contributed by atoms with Gasteiger partial charge in [-0.25, -0.2) is 4.99 Å². The lowest BCUT2D eigenvalue weighted by atomic mass is 9.87. The molecule has 1 aromatic carbocycles. The minimum Gasteiger partial charge on any atom is -0.492 e. The van der Waals surface area contributed by atoms with Crippen molar-refractivity contribution in [2.24, 2.45) is 9.98 Å². The second-order valence-electron chi connectivity index (χ2n) is 7.94. The van der Waals surface area contributed by atoms with Gasteiger partial charge in [-0.15, -0.1) is 0 Å². The van der Waals surface area contributed by atoms with Crippen LogP contribution in [0.3, 0.4) is 0 Å². The maximum Gasteiger partial charge on any atom is 0.261 e. The van der Waals surface area contributed by atoms with Gasteiger partial charge in [-0.2, -0.15) is 0 Å². The third-order valence-corrected chi connectivity index (χ3v) is 4.69. The molecule has 0 unspecified atom stereocenters. The van der Waals surface area contributed by atoms with Crippen molar-refractivity contribution in [2.75, 3.05) is 14.2 Å². The lowest BCUT2D eigenvalue weighted by Crippen LogP contribution is -2.13. The van der Waals surface area contributed by atoms with Crippen LogP contribution >= 0.6 is 0 Å². The smallest absolute Gasteiger partial charge is 0.261 e. The van der Waals surface area contributed by atoms with Crippen molar-refractivity contribution in [2.45, 2.75) is 26.2 Å². The van der Waals surface area contributed by atoms with Crippen LogP contribution in [-0.2, 0) is 19.7 Å². The van der Waals surface area contributed by atoms with Crippen LogP contribution in [-0.4, -0.2) is 31.4 Å². The molecule has 5 nitrogen and oxygen atoms in total. The van der Waals surface area contributed by atoms with Crippen molar-refractivity contribution in [3.05, 3.63) is 89.6 Å². The van der Waals surface area contributed by atoms with Crippen molar-refractivity contribution in [3.8, 4) is 0 Å². The summed E-state index contributed by atoms with van der Waals surface area (Å²) in [7, 11) is 2.91. The summed E-state index contributed by atoms with van der Waals surface area (Å²) in [6.45, 7) is 6.58. The third-order valence-electron chi connectivity index (χ3n) is 4.69. The molecular formula is C25H26N2O3. The third kappa shape index (κ3) is 5.11. The molecule has 0 amide bonds. The van der Waals surface area contributed by atoms with Gasteiger partial charge in [0.15, 0.2) is 11.5 Å². The maximum absolute atomic E-state index is 12.0. The van der Waals surface area contributed by atoms with E-state index in [4.69, 9.17) is 9.47 Å². The van der Waals surface area contributed by atoms with Crippen molar-refractivity contribution in [3.63, 3.8) is 0 Å². The van der Waals surface area contributed by atoms with Crippen LogP contribution in [0, 0.1) is 0 Å². The van der Waals surface area contributed by atoms with Crippen molar-refractivity contribution >= 4 is 22.9 Å². The van der Waals surface area contributed by atoms with Gasteiger partial charge in [-0.3, -0.25) is 9.79 Å². The number of ether oxygens (including phenoxy) is 2. The molecule has 3 rings (SSSR count). The standard InChI is InChI=1S/C25H26N2O3/c1-25(2,3)18-6-8-20(9-7-18)27-21-12-10-19(11-13-21)26-16-17-14-22(29-4)24(28)23(15-17)30-5/h6-16H,1-5H3. The van der Waals surface area contributed by atoms with E-state index < -0.39 is 0 Å². The average Bonchev–Trinajstić information content (AvgIpc) is 2.73. The zero-order valence-corrected chi connectivity index (χ0v) is 18.0. The number of hydrogen-bond acceptors (Lipinski definition) is 5. The SMILES string of the molecule is COC1=CC(=CN=C2C=CC(=Nc3ccc(C(C)(C)C)cc3)C=C2)C=C(OC)C1=O. The summed E-state index contributed by atoms with van der Waals surface area (Å²) in [5.74, 6) is 0.170. The van der Waals surface area contributed by atoms with E-state index in [-0.39, 0.29) is 22.7 Å². The van der Waals surface area contributed by atoms with Crippen LogP contribution in [0.1, 0.15) is 26.3 Å². The number of carbonyl (C=O) groups excluding carboxylic acids is 1. The van der Waals surface area contributed by atoms with Crippen LogP contribution < -0.4 is 0 Å². The van der Waals surface area contributed by atoms with E-state index >= 15 is 0 Å². The Labute approximate surface area is 177 Å². The molecule has 0 bridgehead atoms. The number of aliphatic imine (C=N–C) groups is 2. The normalized spacial score (nSPS) is 16.2. The Morgan fingerprint density at radius 1 is 0.833 bits per heavy atom. The number of allylic oxidation sites excluding steroid dienone is 7. The van der Waals surface area contributed by atoms with E-state index in [0.29, 0.717) is 0 Å². The van der Waals surface area contributed by atoms with E-state index in [0.717, 1.165) is 22.7 Å². The van der Waals surface area contributed by atoms with Crippen LogP contribution in [0.15, 0.2) is 94.0 Å². The zero-order chi connectivity index (χ0) is 21.7. The van der Waals surface area contributed by atoms with Crippen LogP contribution in [0.5, 0.6) is 0 Å². The van der Waals surface area contributed by atoms with Crippen molar-refractivity contribution < 1.29 is 14.3 Å². The fourth-order valence-corrected chi connectivity index (χ4v) is 2.92. The summed E-state index contributed by atoms with van der Waals surface area (Å²) in [6, 6.07) is 8.31. The summed E-state index contributed by atoms with van der Waals surface area (Å²) < 4.78 is 10.2. The topological polar surface area (TPSA) is 60.3 Å². The minimum absolute atomic E-state index is 0.125. The second-order valence-corrected chi connectivity index (χ2v) is 7.94. The fraction of sp³-hybridized carbons (Fsp3) is 0.240. The molecule has 0 N–H and O–H groups in total. The van der Waals surface area contributed by atoms with Gasteiger partial charge in [-0.05, 0) is 59.6 Å². The number of nitrogens with zero attached hydrogens (tertiary/aromatic N) is 2. The summed E-state index contributed by atoms with van der Waals surface area (Å²) in [6.07, 6.45) is 12.6. The van der Waals surface area contributed by atoms with Crippen molar-refractivity contribution in [1.29, 1.82) is 0 Å². The number of ketones is 1. The molecule has 0 saturated carbocycles. The summed E-state index contributed by atoms with van der Waals surface area (Å²) in [5, 5.41) is 0. The Balaban J connectivity index is 1.74. The molecule has 0 aromatic heterocycles. The lowest BCUT2D eigenvalue weighted by Gasteiger charge is -2.18. The van der Waals surface area contributed by atoms with Gasteiger partial charge in [0.25, 0.3) is 5.78 Å². The fourth-order valence-electron chi connectivity index (χ4n) is 2.92. The highest BCUT2D eigenvalue weighted by molar-refractivity contribution is 6.19. The highest BCUT2D eigenvalue weighted by atomic mass is 16.5. The molecule has 0 aliphatic heterocycles. The quantitative estimate of drug-likeness (QED) is 0.654. The van der Waals surface area contributed by atoms with Gasteiger partial charge in [-0.1, -0.05) is 32.9 Å². The van der Waals surface area contributed by atoms with Gasteiger partial charge in [0.2, 0.25) is 0 Å². The summed E-state index contributed by atoms with van der Waals surface area (Å²) in [4.78, 5) is 21.1. The summed E-state index contributed by atoms with van der Waals surface area (Å²) in [5.41, 5.74) is 4.68. The number of Topliss-reactive ketones (excluding diaryl/α,β-unsaturated/α-hetero) is 1. The van der Waals surface area contributed by atoms with E-state index in [2.05, 4.69) is 42.9 Å². The molecule has 2 aliphatic rings. The van der Waals surface area contributed by atoms with Crippen LogP contribution in [0.2, 0.25) is 0 Å². The highest BCUT2D eigenvalue weighted by Gasteiger charge is 2.21. The van der Waals surface area contributed by atoms with Crippen LogP contribution in [0.4, 0.5) is 5.69 Å². The second kappa shape index (κ2) is 8.91. The minimum atomic E-state index is -0.279. The molecular weight excluding hydrogens is 376 g/mol. The molecule has 5 heteroatoms. The highest BCUT2D eigenvalue weighted by Crippen LogP contribution is 2.25. The van der Waals surface area contributed by atoms with E-state index in [1.54, 1.807) is 18.4 Å². The Hall–Kier alpha value is -3.47. The van der Waals surface area contributed by atoms with E-state index in [9.17, 15) is 4.79 Å². The molecule has 2 aliphatic carbocycles. The number of methoxy groups -OCH3 is 2. The largest absolute Gasteiger partial charge is 0.492 e. The molecule has 1 aromatic rings. The Bertz CT molecular complexity index is 997. The molecule has 154 valence electrons. The predicted molar refractivity (Wildman–Crippen MR) is 121 cm³/mol. The first-order chi connectivity index (χ1) is 14.3. The average molecular weight is 402 g/mol. The monoisotopic (exact) mass is 402 g/mol. The van der Waals surface area contributed by atoms with E-state index in [1.165, 1.54) is 19.8 Å². The molecule has 0 saturated heterocycles. The maximum atomic E-state index is 12.0. The van der Waals surface area contributed by atoms with Gasteiger partial charge < -0.3 is 9.47 Å². The number of carbonyl (C=O) groups is 1. The van der Waals surface area contributed by atoms with Crippen molar-refractivity contribution in [1.82, 2.24) is 0 Å². The number of hydrogen-bond donors (Lipinski definition) is 0. The molecule has 0 radical (unpaired) electrons. The Morgan fingerprint density at radius 2 is 1.37 bits per heavy atom. The number of rotatable bonds is 4. The molecule has 30 heavy (non-hydrogen) atoms. The van der Waals surface area contributed by atoms with Gasteiger partial charge in [0.05, 0.1) is 31.3 Å². The van der Waals surface area contributed by atoms with Gasteiger partial charge in [0.1, 0.15) is 0 Å². The van der Waals surface area contributed by atoms with Gasteiger partial charge in [0, 0.05) is 11.8 Å². The summed E-state index contributed by atoms with van der Waals surface area (Å²) >= 11 is 0. The molecule has 0 spiro atoms. The lowest BCUT2D eigenvalue weighted by molar-refractivity contribution is -0.117. The molecule has 0 atom stereocenters. The Morgan fingerprint density at radius 3 is 1.87 bits per heavy atom. The zero-order valence-electron chi connectivity index (χ0n) is 18.0. The first-order valence-corrected chi connectivity index (χ1v) is 9.69. The van der Waals surface area contributed by atoms with E-state index in [1.807, 2.05) is 36.4 Å². The predicted octanol–water partition coefficient (Wildman–Crippen LogP) is 5.15. The first kappa shape index (κ1) is 21.2. The molecule has 0 heterocycles.